The fraction of sp³-hybridized carbons (Fsp3) is 0.435. The summed E-state index contributed by atoms with van der Waals surface area (Å²) in [5.41, 5.74) is 6.02. The maximum absolute atomic E-state index is 5.76. The first-order valence-electron chi connectivity index (χ1n) is 10.3. The molecule has 0 saturated heterocycles. The average molecular weight is 473 g/mol. The normalized spacial score (nSPS) is 17.1. The van der Waals surface area contributed by atoms with Crippen LogP contribution in [-0.4, -0.2) is 42.1 Å². The Kier molecular flexibility index (Phi) is 4.72. The van der Waals surface area contributed by atoms with Crippen LogP contribution >= 0.6 is 27.7 Å². The summed E-state index contributed by atoms with van der Waals surface area (Å²) in [6.45, 7) is 2.13. The van der Waals surface area contributed by atoms with Crippen LogP contribution in [0.25, 0.3) is 16.8 Å². The second-order valence-corrected chi connectivity index (χ2v) is 10.2. The van der Waals surface area contributed by atoms with Crippen molar-refractivity contribution in [2.45, 2.75) is 49.7 Å². The van der Waals surface area contributed by atoms with Crippen molar-refractivity contribution in [3.63, 3.8) is 0 Å². The van der Waals surface area contributed by atoms with Crippen LogP contribution in [0.15, 0.2) is 39.8 Å². The summed E-state index contributed by atoms with van der Waals surface area (Å²) in [5, 5.41) is 6.29. The number of quaternary nitrogens is 1. The van der Waals surface area contributed by atoms with Crippen molar-refractivity contribution >= 4 is 38.9 Å². The van der Waals surface area contributed by atoms with Gasteiger partial charge in [0.05, 0.1) is 31.9 Å². The molecule has 3 aromatic rings. The smallest absolute Gasteiger partial charge is 0.193 e. The van der Waals surface area contributed by atoms with Gasteiger partial charge in [-0.2, -0.15) is 5.10 Å². The molecule has 6 heteroatoms. The zero-order valence-electron chi connectivity index (χ0n) is 17.4. The van der Waals surface area contributed by atoms with Crippen LogP contribution in [-0.2, 0) is 0 Å². The summed E-state index contributed by atoms with van der Waals surface area (Å²) < 4.78 is 9.99. The Hall–Kier alpha value is -1.50. The number of nitrogens with zero attached hydrogens (tertiary/aromatic N) is 3. The average Bonchev–Trinajstić information content (AvgIpc) is 3.60. The standard InChI is InChI=1S/C23H27BrN3OS/c1-14-12-15(24)13-20(28-3)21(14)18-6-5-7-19-22(23(29-4)25-26(18)19)27(2,16-8-9-16)17-10-11-17/h5-7,12-13,16-17H,8-11H2,1-4H3/q+1. The first-order chi connectivity index (χ1) is 14.0. The Morgan fingerprint density at radius 3 is 2.45 bits per heavy atom. The van der Waals surface area contributed by atoms with Gasteiger partial charge in [0.1, 0.15) is 11.3 Å². The molecule has 5 rings (SSSR count). The lowest BCUT2D eigenvalue weighted by Gasteiger charge is -2.34. The van der Waals surface area contributed by atoms with Gasteiger partial charge >= 0.3 is 0 Å². The van der Waals surface area contributed by atoms with E-state index in [9.17, 15) is 0 Å². The maximum Gasteiger partial charge on any atom is 0.193 e. The van der Waals surface area contributed by atoms with Gasteiger partial charge in [-0.15, -0.1) is 11.8 Å². The zero-order valence-corrected chi connectivity index (χ0v) is 19.8. The number of hydrogen-bond donors (Lipinski definition) is 0. The summed E-state index contributed by atoms with van der Waals surface area (Å²) in [7, 11) is 4.19. The predicted molar refractivity (Wildman–Crippen MR) is 125 cm³/mol. The number of aromatic nitrogens is 2. The molecule has 0 amide bonds. The lowest BCUT2D eigenvalue weighted by Crippen LogP contribution is -2.49. The summed E-state index contributed by atoms with van der Waals surface area (Å²) in [6.07, 6.45) is 7.48. The third-order valence-corrected chi connectivity index (χ3v) is 7.75. The fourth-order valence-corrected chi connectivity index (χ4v) is 6.11. The number of fused-ring (bicyclic) bond motifs is 1. The van der Waals surface area contributed by atoms with E-state index in [4.69, 9.17) is 9.84 Å². The molecule has 0 bridgehead atoms. The first kappa shape index (κ1) is 19.5. The summed E-state index contributed by atoms with van der Waals surface area (Å²) in [4.78, 5) is 0. The Labute approximate surface area is 185 Å². The van der Waals surface area contributed by atoms with Crippen molar-refractivity contribution in [3.05, 3.63) is 40.4 Å². The van der Waals surface area contributed by atoms with Crippen LogP contribution < -0.4 is 9.22 Å². The molecule has 0 atom stereocenters. The number of rotatable bonds is 6. The van der Waals surface area contributed by atoms with E-state index in [-0.39, 0.29) is 0 Å². The highest BCUT2D eigenvalue weighted by Crippen LogP contribution is 2.51. The van der Waals surface area contributed by atoms with Crippen LogP contribution in [0.2, 0.25) is 0 Å². The number of thioether (sulfide) groups is 1. The van der Waals surface area contributed by atoms with E-state index >= 15 is 0 Å². The van der Waals surface area contributed by atoms with Crippen molar-refractivity contribution in [2.24, 2.45) is 0 Å². The largest absolute Gasteiger partial charge is 0.496 e. The molecular weight excluding hydrogens is 446 g/mol. The summed E-state index contributed by atoms with van der Waals surface area (Å²) in [6, 6.07) is 12.2. The first-order valence-corrected chi connectivity index (χ1v) is 12.3. The second kappa shape index (κ2) is 7.03. The molecule has 2 fully saturated rings. The molecule has 2 saturated carbocycles. The van der Waals surface area contributed by atoms with E-state index in [1.54, 1.807) is 18.9 Å². The van der Waals surface area contributed by atoms with Crippen LogP contribution in [0.3, 0.4) is 0 Å². The van der Waals surface area contributed by atoms with E-state index < -0.39 is 0 Å². The fourth-order valence-electron chi connectivity index (χ4n) is 4.90. The van der Waals surface area contributed by atoms with Crippen molar-refractivity contribution in [3.8, 4) is 17.0 Å². The number of ether oxygens (including phenoxy) is 1. The second-order valence-electron chi connectivity index (χ2n) is 8.48. The van der Waals surface area contributed by atoms with E-state index in [2.05, 4.69) is 64.9 Å². The SMILES string of the molecule is COc1cc(Br)cc(C)c1-c1cccc2c([N+](C)(C3CC3)C3CC3)c(SC)nn12. The minimum absolute atomic E-state index is 0.744. The van der Waals surface area contributed by atoms with Crippen molar-refractivity contribution in [2.75, 3.05) is 20.4 Å². The monoisotopic (exact) mass is 472 g/mol. The molecule has 0 radical (unpaired) electrons. The van der Waals surface area contributed by atoms with Gasteiger partial charge in [-0.25, -0.2) is 4.52 Å². The molecule has 4 nitrogen and oxygen atoms in total. The van der Waals surface area contributed by atoms with E-state index in [0.717, 1.165) is 43.1 Å². The molecule has 1 aromatic carbocycles. The molecule has 2 aliphatic carbocycles. The minimum atomic E-state index is 0.744. The van der Waals surface area contributed by atoms with Gasteiger partial charge in [0.15, 0.2) is 10.7 Å². The number of hydrogen-bond acceptors (Lipinski definition) is 3. The Bertz CT molecular complexity index is 1090. The molecule has 2 aliphatic rings. The molecule has 0 aliphatic heterocycles. The van der Waals surface area contributed by atoms with Gasteiger partial charge in [0.25, 0.3) is 0 Å². The lowest BCUT2D eigenvalue weighted by molar-refractivity contribution is 0.306. The molecular formula is C23H27BrN3OS+. The number of aryl methyl sites for hydroxylation is 1. The predicted octanol–water partition coefficient (Wildman–Crippen LogP) is 6.06. The molecule has 29 heavy (non-hydrogen) atoms. The highest BCUT2D eigenvalue weighted by atomic mass is 79.9. The highest BCUT2D eigenvalue weighted by Gasteiger charge is 2.55. The Balaban J connectivity index is 1.79. The lowest BCUT2D eigenvalue weighted by atomic mass is 10.0. The third kappa shape index (κ3) is 3.03. The number of methoxy groups -OCH3 is 1. The maximum atomic E-state index is 5.76. The van der Waals surface area contributed by atoms with Crippen LogP contribution in [0, 0.1) is 6.92 Å². The van der Waals surface area contributed by atoms with Gasteiger partial charge in [-0.05, 0) is 43.0 Å². The molecule has 2 aromatic heterocycles. The molecule has 0 unspecified atom stereocenters. The topological polar surface area (TPSA) is 26.5 Å². The molecule has 0 N–H and O–H groups in total. The third-order valence-electron chi connectivity index (χ3n) is 6.63. The van der Waals surface area contributed by atoms with Crippen molar-refractivity contribution in [1.82, 2.24) is 14.1 Å². The van der Waals surface area contributed by atoms with Crippen LogP contribution in [0.4, 0.5) is 5.69 Å². The number of halogens is 1. The van der Waals surface area contributed by atoms with Gasteiger partial charge in [0.2, 0.25) is 0 Å². The van der Waals surface area contributed by atoms with Crippen molar-refractivity contribution < 1.29 is 4.74 Å². The highest BCUT2D eigenvalue weighted by molar-refractivity contribution is 9.10. The quantitative estimate of drug-likeness (QED) is 0.321. The van der Waals surface area contributed by atoms with Gasteiger partial charge in [-0.1, -0.05) is 22.0 Å². The minimum Gasteiger partial charge on any atom is -0.496 e. The zero-order chi connectivity index (χ0) is 20.3. The number of benzene rings is 1. The van der Waals surface area contributed by atoms with Gasteiger partial charge in [-0.3, -0.25) is 4.48 Å². The Morgan fingerprint density at radius 1 is 1.17 bits per heavy atom. The summed E-state index contributed by atoms with van der Waals surface area (Å²) in [5.74, 6) is 0.869. The van der Waals surface area contributed by atoms with Gasteiger partial charge < -0.3 is 4.74 Å². The van der Waals surface area contributed by atoms with Gasteiger partial charge in [0, 0.05) is 35.7 Å². The summed E-state index contributed by atoms with van der Waals surface area (Å²) >= 11 is 5.37. The number of pyridine rings is 1. The van der Waals surface area contributed by atoms with E-state index in [1.165, 1.54) is 42.5 Å². The molecule has 152 valence electrons. The van der Waals surface area contributed by atoms with Crippen LogP contribution in [0.5, 0.6) is 5.75 Å². The van der Waals surface area contributed by atoms with E-state index in [1.807, 2.05) is 6.07 Å². The van der Waals surface area contributed by atoms with Crippen LogP contribution in [0.1, 0.15) is 31.2 Å². The van der Waals surface area contributed by atoms with E-state index in [0.29, 0.717) is 0 Å². The van der Waals surface area contributed by atoms with Crippen molar-refractivity contribution in [1.29, 1.82) is 0 Å². The Morgan fingerprint density at radius 2 is 1.86 bits per heavy atom. The molecule has 2 heterocycles. The molecule has 0 spiro atoms.